The molecule has 0 bridgehead atoms. The number of para-hydroxylation sites is 1. The molecule has 0 saturated heterocycles. The second-order valence-corrected chi connectivity index (χ2v) is 3.50. The largest absolute Gasteiger partial charge is 0.573 e. The predicted molar refractivity (Wildman–Crippen MR) is 53.7 cm³/mol. The minimum absolute atomic E-state index is 0.177. The summed E-state index contributed by atoms with van der Waals surface area (Å²) in [5, 5.41) is 8.38. The number of aryl methyl sites for hydroxylation is 1. The number of hydrogen-bond acceptors (Lipinski definition) is 3. The standard InChI is InChI=1S/C11H7F6NO2/c12-10(13,14)19-8-5-1-3-7(4-2-6-18)9(8)20-11(15,16)17/h1,3,5H,2,4H2. The average Bonchev–Trinajstić information content (AvgIpc) is 2.26. The number of halogens is 6. The van der Waals surface area contributed by atoms with E-state index in [0.29, 0.717) is 6.07 Å². The van der Waals surface area contributed by atoms with Gasteiger partial charge < -0.3 is 9.47 Å². The first-order valence-electron chi connectivity index (χ1n) is 5.13. The molecule has 9 heteroatoms. The Morgan fingerprint density at radius 3 is 2.10 bits per heavy atom. The molecule has 0 radical (unpaired) electrons. The first kappa shape index (κ1) is 15.9. The highest BCUT2D eigenvalue weighted by atomic mass is 19.4. The summed E-state index contributed by atoms with van der Waals surface area (Å²) < 4.78 is 80.1. The lowest BCUT2D eigenvalue weighted by Crippen LogP contribution is -2.22. The SMILES string of the molecule is N#CCCc1cccc(OC(F)(F)F)c1OC(F)(F)F. The van der Waals surface area contributed by atoms with E-state index in [1.165, 1.54) is 0 Å². The van der Waals surface area contributed by atoms with Crippen molar-refractivity contribution in [2.24, 2.45) is 0 Å². The van der Waals surface area contributed by atoms with E-state index < -0.39 is 24.2 Å². The molecule has 3 nitrogen and oxygen atoms in total. The van der Waals surface area contributed by atoms with E-state index in [2.05, 4.69) is 9.47 Å². The second-order valence-electron chi connectivity index (χ2n) is 3.50. The van der Waals surface area contributed by atoms with Crippen LogP contribution in [-0.4, -0.2) is 12.7 Å². The lowest BCUT2D eigenvalue weighted by Gasteiger charge is -2.17. The lowest BCUT2D eigenvalue weighted by atomic mass is 10.1. The molecular weight excluding hydrogens is 292 g/mol. The van der Waals surface area contributed by atoms with Crippen LogP contribution in [0.15, 0.2) is 18.2 Å². The molecule has 0 N–H and O–H groups in total. The van der Waals surface area contributed by atoms with Gasteiger partial charge in [0, 0.05) is 6.42 Å². The van der Waals surface area contributed by atoms with Crippen LogP contribution in [0, 0.1) is 11.3 Å². The Labute approximate surface area is 109 Å². The molecular formula is C11H7F6NO2. The van der Waals surface area contributed by atoms with E-state index >= 15 is 0 Å². The van der Waals surface area contributed by atoms with Crippen molar-refractivity contribution in [3.63, 3.8) is 0 Å². The second kappa shape index (κ2) is 5.90. The normalized spacial score (nSPS) is 11.8. The Morgan fingerprint density at radius 1 is 1.00 bits per heavy atom. The van der Waals surface area contributed by atoms with Gasteiger partial charge in [0.2, 0.25) is 0 Å². The van der Waals surface area contributed by atoms with Crippen LogP contribution in [0.5, 0.6) is 11.5 Å². The van der Waals surface area contributed by atoms with Crippen molar-refractivity contribution in [1.29, 1.82) is 5.26 Å². The quantitative estimate of drug-likeness (QED) is 0.791. The molecule has 0 aliphatic heterocycles. The average molecular weight is 299 g/mol. The molecule has 0 saturated carbocycles. The molecule has 0 fully saturated rings. The Bertz CT molecular complexity index is 503. The van der Waals surface area contributed by atoms with Crippen LogP contribution in [0.1, 0.15) is 12.0 Å². The van der Waals surface area contributed by atoms with E-state index in [-0.39, 0.29) is 18.4 Å². The summed E-state index contributed by atoms with van der Waals surface area (Å²) in [6.45, 7) is 0. The fraction of sp³-hybridized carbons (Fsp3) is 0.364. The van der Waals surface area contributed by atoms with Gasteiger partial charge in [-0.15, -0.1) is 26.3 Å². The summed E-state index contributed by atoms with van der Waals surface area (Å²) in [5.41, 5.74) is -0.203. The molecule has 0 aliphatic carbocycles. The van der Waals surface area contributed by atoms with Crippen LogP contribution in [0.2, 0.25) is 0 Å². The molecule has 0 atom stereocenters. The maximum Gasteiger partial charge on any atom is 0.573 e. The predicted octanol–water partition coefficient (Wildman–Crippen LogP) is 3.94. The molecule has 0 amide bonds. The van der Waals surface area contributed by atoms with Crippen molar-refractivity contribution in [2.75, 3.05) is 0 Å². The summed E-state index contributed by atoms with van der Waals surface area (Å²) in [6.07, 6.45) is -10.7. The number of nitrogens with zero attached hydrogens (tertiary/aromatic N) is 1. The third kappa shape index (κ3) is 5.26. The highest BCUT2D eigenvalue weighted by Gasteiger charge is 2.37. The van der Waals surface area contributed by atoms with Gasteiger partial charge in [0.25, 0.3) is 0 Å². The van der Waals surface area contributed by atoms with Crippen molar-refractivity contribution >= 4 is 0 Å². The van der Waals surface area contributed by atoms with Gasteiger partial charge in [0.15, 0.2) is 11.5 Å². The van der Waals surface area contributed by atoms with Gasteiger partial charge in [-0.3, -0.25) is 0 Å². The maximum absolute atomic E-state index is 12.2. The van der Waals surface area contributed by atoms with Gasteiger partial charge in [-0.2, -0.15) is 5.26 Å². The third-order valence-electron chi connectivity index (χ3n) is 2.01. The molecule has 1 rings (SSSR count). The molecule has 1 aromatic carbocycles. The van der Waals surface area contributed by atoms with Gasteiger partial charge in [0.1, 0.15) is 0 Å². The number of ether oxygens (including phenoxy) is 2. The molecule has 20 heavy (non-hydrogen) atoms. The van der Waals surface area contributed by atoms with Crippen molar-refractivity contribution < 1.29 is 35.8 Å². The van der Waals surface area contributed by atoms with E-state index in [1.54, 1.807) is 6.07 Å². The summed E-state index contributed by atoms with van der Waals surface area (Å²) in [5.74, 6) is -2.20. The van der Waals surface area contributed by atoms with E-state index in [9.17, 15) is 26.3 Å². The number of nitriles is 1. The first-order chi connectivity index (χ1) is 9.12. The van der Waals surface area contributed by atoms with E-state index in [4.69, 9.17) is 5.26 Å². The van der Waals surface area contributed by atoms with Crippen molar-refractivity contribution in [3.05, 3.63) is 23.8 Å². The molecule has 0 unspecified atom stereocenters. The highest BCUT2D eigenvalue weighted by molar-refractivity contribution is 5.47. The molecule has 110 valence electrons. The van der Waals surface area contributed by atoms with Gasteiger partial charge in [-0.05, 0) is 18.1 Å². The van der Waals surface area contributed by atoms with Gasteiger partial charge in [-0.1, -0.05) is 12.1 Å². The first-order valence-corrected chi connectivity index (χ1v) is 5.13. The Morgan fingerprint density at radius 2 is 1.60 bits per heavy atom. The van der Waals surface area contributed by atoms with E-state index in [0.717, 1.165) is 12.1 Å². The van der Waals surface area contributed by atoms with Crippen LogP contribution < -0.4 is 9.47 Å². The lowest BCUT2D eigenvalue weighted by molar-refractivity contribution is -0.287. The molecule has 0 aromatic heterocycles. The van der Waals surface area contributed by atoms with Gasteiger partial charge in [-0.25, -0.2) is 0 Å². The van der Waals surface area contributed by atoms with Crippen LogP contribution >= 0.6 is 0 Å². The van der Waals surface area contributed by atoms with Crippen molar-refractivity contribution in [1.82, 2.24) is 0 Å². The minimum Gasteiger partial charge on any atom is -0.402 e. The van der Waals surface area contributed by atoms with Crippen molar-refractivity contribution in [3.8, 4) is 17.6 Å². The van der Waals surface area contributed by atoms with E-state index in [1.807, 2.05) is 0 Å². The number of hydrogen-bond donors (Lipinski definition) is 0. The smallest absolute Gasteiger partial charge is 0.402 e. The van der Waals surface area contributed by atoms with Crippen molar-refractivity contribution in [2.45, 2.75) is 25.6 Å². The molecule has 1 aromatic rings. The van der Waals surface area contributed by atoms with Crippen LogP contribution in [0.25, 0.3) is 0 Å². The third-order valence-corrected chi connectivity index (χ3v) is 2.01. The Kier molecular flexibility index (Phi) is 4.70. The molecule has 0 heterocycles. The fourth-order valence-electron chi connectivity index (χ4n) is 1.39. The summed E-state index contributed by atoms with van der Waals surface area (Å²) in [7, 11) is 0. The number of benzene rings is 1. The zero-order valence-electron chi connectivity index (χ0n) is 9.68. The monoisotopic (exact) mass is 299 g/mol. The Balaban J connectivity index is 3.18. The maximum atomic E-state index is 12.2. The Hall–Kier alpha value is -2.11. The summed E-state index contributed by atoms with van der Waals surface area (Å²) in [4.78, 5) is 0. The topological polar surface area (TPSA) is 42.2 Å². The minimum atomic E-state index is -5.17. The summed E-state index contributed by atoms with van der Waals surface area (Å²) in [6, 6.07) is 4.58. The molecule has 0 spiro atoms. The van der Waals surface area contributed by atoms with Gasteiger partial charge in [0.05, 0.1) is 6.07 Å². The van der Waals surface area contributed by atoms with Gasteiger partial charge >= 0.3 is 12.7 Å². The zero-order chi connectivity index (χ0) is 15.4. The number of alkyl halides is 6. The number of rotatable bonds is 4. The van der Waals surface area contributed by atoms with Crippen LogP contribution in [-0.2, 0) is 6.42 Å². The molecule has 0 aliphatic rings. The fourth-order valence-corrected chi connectivity index (χ4v) is 1.39. The zero-order valence-corrected chi connectivity index (χ0v) is 9.68. The summed E-state index contributed by atoms with van der Waals surface area (Å²) >= 11 is 0. The highest BCUT2D eigenvalue weighted by Crippen LogP contribution is 2.38. The van der Waals surface area contributed by atoms with Crippen LogP contribution in [0.3, 0.4) is 0 Å². The van der Waals surface area contributed by atoms with Crippen LogP contribution in [0.4, 0.5) is 26.3 Å².